The van der Waals surface area contributed by atoms with Crippen LogP contribution in [0, 0.1) is 0 Å². The Balaban J connectivity index is 1.82. The van der Waals surface area contributed by atoms with Gasteiger partial charge in [-0.1, -0.05) is 41.4 Å². The summed E-state index contributed by atoms with van der Waals surface area (Å²) in [7, 11) is 1.60. The molecule has 0 atom stereocenters. The van der Waals surface area contributed by atoms with Crippen LogP contribution in [0.5, 0.6) is 5.75 Å². The Kier molecular flexibility index (Phi) is 3.92. The van der Waals surface area contributed by atoms with Gasteiger partial charge in [0.15, 0.2) is 0 Å². The molecule has 0 radical (unpaired) electrons. The van der Waals surface area contributed by atoms with Crippen LogP contribution in [0.25, 0.3) is 32.3 Å². The fourth-order valence-electron chi connectivity index (χ4n) is 2.42. The lowest BCUT2D eigenvalue weighted by molar-refractivity contribution is 0.414. The lowest BCUT2D eigenvalue weighted by Crippen LogP contribution is -1.87. The maximum Gasteiger partial charge on any atom is 0.259 e. The molecule has 0 unspecified atom stereocenters. The summed E-state index contributed by atoms with van der Waals surface area (Å²) in [5.41, 5.74) is 0.735. The minimum Gasteiger partial charge on any atom is -0.496 e. The molecule has 0 fully saturated rings. The van der Waals surface area contributed by atoms with Crippen molar-refractivity contribution in [2.75, 3.05) is 7.11 Å². The van der Waals surface area contributed by atoms with E-state index in [1.165, 1.54) is 11.3 Å². The molecular weight excluding hydrogens is 367 g/mol. The number of ether oxygens (including phenoxy) is 1. The van der Waals surface area contributed by atoms with E-state index < -0.39 is 0 Å². The fourth-order valence-corrected chi connectivity index (χ4v) is 4.13. The van der Waals surface area contributed by atoms with Crippen molar-refractivity contribution in [3.8, 4) is 28.0 Å². The van der Waals surface area contributed by atoms with E-state index >= 15 is 0 Å². The average Bonchev–Trinajstić information content (AvgIpc) is 3.19. The second kappa shape index (κ2) is 6.09. The third kappa shape index (κ3) is 2.55. The molecule has 4 rings (SSSR count). The van der Waals surface area contributed by atoms with Crippen molar-refractivity contribution in [1.82, 2.24) is 10.2 Å². The van der Waals surface area contributed by atoms with Crippen molar-refractivity contribution in [3.05, 3.63) is 52.5 Å². The van der Waals surface area contributed by atoms with E-state index in [-0.39, 0.29) is 0 Å². The third-order valence-corrected chi connectivity index (χ3v) is 5.43. The van der Waals surface area contributed by atoms with Gasteiger partial charge in [0, 0.05) is 15.1 Å². The van der Waals surface area contributed by atoms with Gasteiger partial charge in [0.1, 0.15) is 10.6 Å². The SMILES string of the molecule is COc1ccccc1-c1nnc(-c2sc3cc(Cl)ccc3c2Cl)o1. The van der Waals surface area contributed by atoms with Crippen molar-refractivity contribution >= 4 is 44.6 Å². The van der Waals surface area contributed by atoms with Crippen molar-refractivity contribution in [1.29, 1.82) is 0 Å². The summed E-state index contributed by atoms with van der Waals surface area (Å²) in [6.45, 7) is 0. The fraction of sp³-hybridized carbons (Fsp3) is 0.0588. The largest absolute Gasteiger partial charge is 0.496 e. The molecule has 7 heteroatoms. The molecule has 0 saturated carbocycles. The number of thiophene rings is 1. The van der Waals surface area contributed by atoms with Gasteiger partial charge in [-0.05, 0) is 24.3 Å². The molecule has 0 N–H and O–H groups in total. The lowest BCUT2D eigenvalue weighted by Gasteiger charge is -2.03. The Morgan fingerprint density at radius 3 is 2.67 bits per heavy atom. The van der Waals surface area contributed by atoms with Crippen molar-refractivity contribution in [2.24, 2.45) is 0 Å². The third-order valence-electron chi connectivity index (χ3n) is 3.55. The normalized spacial score (nSPS) is 11.1. The van der Waals surface area contributed by atoms with E-state index in [0.717, 1.165) is 20.5 Å². The van der Waals surface area contributed by atoms with Crippen LogP contribution in [-0.4, -0.2) is 17.3 Å². The molecule has 4 nitrogen and oxygen atoms in total. The van der Waals surface area contributed by atoms with Gasteiger partial charge in [-0.25, -0.2) is 0 Å². The number of nitrogens with zero attached hydrogens (tertiary/aromatic N) is 2. The molecule has 0 spiro atoms. The first kappa shape index (κ1) is 15.4. The highest BCUT2D eigenvalue weighted by Crippen LogP contribution is 2.43. The van der Waals surface area contributed by atoms with Crippen LogP contribution in [0.4, 0.5) is 0 Å². The highest BCUT2D eigenvalue weighted by atomic mass is 35.5. The Morgan fingerprint density at radius 2 is 1.83 bits per heavy atom. The predicted octanol–water partition coefficient (Wildman–Crippen LogP) is 5.93. The van der Waals surface area contributed by atoms with Gasteiger partial charge in [0.05, 0.1) is 17.7 Å². The Bertz CT molecular complexity index is 1040. The maximum absolute atomic E-state index is 6.47. The lowest BCUT2D eigenvalue weighted by atomic mass is 10.2. The second-order valence-corrected chi connectivity index (χ2v) is 6.86. The number of rotatable bonds is 3. The number of hydrogen-bond donors (Lipinski definition) is 0. The molecule has 0 aliphatic rings. The standard InChI is InChI=1S/C17H10Cl2N2O2S/c1-22-12-5-3-2-4-10(12)16-20-21-17(23-16)15-14(19)11-7-6-9(18)8-13(11)24-15/h2-8H,1H3. The Labute approximate surface area is 151 Å². The molecule has 2 aromatic carbocycles. The summed E-state index contributed by atoms with van der Waals surface area (Å²) in [4.78, 5) is 0.725. The number of hydrogen-bond acceptors (Lipinski definition) is 5. The summed E-state index contributed by atoms with van der Waals surface area (Å²) in [5.74, 6) is 1.43. The first-order valence-corrected chi connectivity index (χ1v) is 8.59. The summed E-state index contributed by atoms with van der Waals surface area (Å²) in [6.07, 6.45) is 0. The zero-order valence-corrected chi connectivity index (χ0v) is 14.7. The molecule has 0 saturated heterocycles. The zero-order chi connectivity index (χ0) is 16.7. The zero-order valence-electron chi connectivity index (χ0n) is 12.4. The van der Waals surface area contributed by atoms with E-state index in [0.29, 0.717) is 27.6 Å². The minimum atomic E-state index is 0.373. The van der Waals surface area contributed by atoms with Gasteiger partial charge in [-0.2, -0.15) is 0 Å². The van der Waals surface area contributed by atoms with Crippen LogP contribution in [0.3, 0.4) is 0 Å². The van der Waals surface area contributed by atoms with Crippen molar-refractivity contribution < 1.29 is 9.15 Å². The van der Waals surface area contributed by atoms with Gasteiger partial charge < -0.3 is 9.15 Å². The molecule has 0 amide bonds. The number of halogens is 2. The van der Waals surface area contributed by atoms with Crippen LogP contribution >= 0.6 is 34.5 Å². The van der Waals surface area contributed by atoms with Crippen LogP contribution < -0.4 is 4.74 Å². The molecule has 0 bridgehead atoms. The van der Waals surface area contributed by atoms with E-state index in [4.69, 9.17) is 32.4 Å². The Morgan fingerprint density at radius 1 is 1.04 bits per heavy atom. The molecule has 0 aliphatic heterocycles. The molecule has 0 aliphatic carbocycles. The predicted molar refractivity (Wildman–Crippen MR) is 97.1 cm³/mol. The van der Waals surface area contributed by atoms with E-state index in [9.17, 15) is 0 Å². The molecule has 2 aromatic heterocycles. The maximum atomic E-state index is 6.47. The van der Waals surface area contributed by atoms with E-state index in [1.54, 1.807) is 13.2 Å². The van der Waals surface area contributed by atoms with E-state index in [1.807, 2.05) is 36.4 Å². The van der Waals surface area contributed by atoms with Crippen LogP contribution in [0.1, 0.15) is 0 Å². The summed E-state index contributed by atoms with van der Waals surface area (Å²) >= 11 is 14.0. The van der Waals surface area contributed by atoms with Gasteiger partial charge in [-0.3, -0.25) is 0 Å². The molecule has 120 valence electrons. The molecule has 24 heavy (non-hydrogen) atoms. The quantitative estimate of drug-likeness (QED) is 0.444. The monoisotopic (exact) mass is 376 g/mol. The Hall–Kier alpha value is -2.08. The molecule has 2 heterocycles. The first-order chi connectivity index (χ1) is 11.7. The topological polar surface area (TPSA) is 48.2 Å². The summed E-state index contributed by atoms with van der Waals surface area (Å²) < 4.78 is 12.1. The number of methoxy groups -OCH3 is 1. The van der Waals surface area contributed by atoms with E-state index in [2.05, 4.69) is 10.2 Å². The number of aromatic nitrogens is 2. The smallest absolute Gasteiger partial charge is 0.259 e. The van der Waals surface area contributed by atoms with Gasteiger partial charge >= 0.3 is 0 Å². The molecule has 4 aromatic rings. The summed E-state index contributed by atoms with van der Waals surface area (Å²) in [5, 5.41) is 10.4. The average molecular weight is 377 g/mol. The van der Waals surface area contributed by atoms with Gasteiger partial charge in [0.2, 0.25) is 0 Å². The highest BCUT2D eigenvalue weighted by Gasteiger charge is 2.19. The first-order valence-electron chi connectivity index (χ1n) is 7.02. The number of fused-ring (bicyclic) bond motifs is 1. The summed E-state index contributed by atoms with van der Waals surface area (Å²) in [6, 6.07) is 13.0. The van der Waals surface area contributed by atoms with Gasteiger partial charge in [-0.15, -0.1) is 21.5 Å². The van der Waals surface area contributed by atoms with Crippen LogP contribution in [0.15, 0.2) is 46.9 Å². The minimum absolute atomic E-state index is 0.373. The second-order valence-electron chi connectivity index (χ2n) is 5.00. The van der Waals surface area contributed by atoms with Crippen LogP contribution in [-0.2, 0) is 0 Å². The van der Waals surface area contributed by atoms with Gasteiger partial charge in [0.25, 0.3) is 11.8 Å². The van der Waals surface area contributed by atoms with Crippen molar-refractivity contribution in [3.63, 3.8) is 0 Å². The highest BCUT2D eigenvalue weighted by molar-refractivity contribution is 7.23. The van der Waals surface area contributed by atoms with Crippen LogP contribution in [0.2, 0.25) is 10.0 Å². The molecular formula is C17H10Cl2N2O2S. The van der Waals surface area contributed by atoms with Crippen molar-refractivity contribution in [2.45, 2.75) is 0 Å². The number of benzene rings is 2. The number of para-hydroxylation sites is 1.